The Morgan fingerprint density at radius 3 is 2.74 bits per heavy atom. The smallest absolute Gasteiger partial charge is 0.387 e. The number of hydrogen-bond donors (Lipinski definition) is 1. The number of rotatable bonds is 6. The van der Waals surface area contributed by atoms with E-state index in [9.17, 15) is 13.6 Å². The number of aromatic nitrogens is 4. The fourth-order valence-corrected chi connectivity index (χ4v) is 5.21. The van der Waals surface area contributed by atoms with Gasteiger partial charge in [0.05, 0.1) is 28.0 Å². The number of benzene rings is 2. The number of ether oxygens (including phenoxy) is 2. The average Bonchev–Trinajstić information content (AvgIpc) is 3.53. The summed E-state index contributed by atoms with van der Waals surface area (Å²) in [7, 11) is 0. The number of nitrogens with zero attached hydrogens (tertiary/aromatic N) is 4. The molecule has 2 aromatic carbocycles. The lowest BCUT2D eigenvalue weighted by Crippen LogP contribution is -2.20. The SMILES string of the molecule is CCOc1nc2c(cc(-c3ccc4nc5n(c4c3)CCN5)c(=O)n2-c2ccc(OC(F)F)cc2)s1. The number of anilines is 1. The molecule has 0 fully saturated rings. The second-order valence-corrected chi connectivity index (χ2v) is 8.88. The molecule has 1 aliphatic heterocycles. The van der Waals surface area contributed by atoms with E-state index in [0.29, 0.717) is 28.7 Å². The molecule has 0 aliphatic carbocycles. The quantitative estimate of drug-likeness (QED) is 0.361. The number of fused-ring (bicyclic) bond motifs is 4. The van der Waals surface area contributed by atoms with Gasteiger partial charge in [-0.1, -0.05) is 17.4 Å². The van der Waals surface area contributed by atoms with Crippen LogP contribution in [0.25, 0.3) is 38.2 Å². The number of hydrogen-bond acceptors (Lipinski definition) is 7. The molecule has 3 aromatic heterocycles. The van der Waals surface area contributed by atoms with E-state index in [4.69, 9.17) is 4.74 Å². The highest BCUT2D eigenvalue weighted by Crippen LogP contribution is 2.33. The van der Waals surface area contributed by atoms with Crippen LogP contribution in [0.15, 0.2) is 53.3 Å². The van der Waals surface area contributed by atoms with Crippen LogP contribution in [0.2, 0.25) is 0 Å². The zero-order valence-corrected chi connectivity index (χ0v) is 19.3. The zero-order chi connectivity index (χ0) is 24.1. The summed E-state index contributed by atoms with van der Waals surface area (Å²) in [5, 5.41) is 3.70. The van der Waals surface area contributed by atoms with Gasteiger partial charge in [-0.05, 0) is 55.0 Å². The minimum atomic E-state index is -2.93. The average molecular weight is 496 g/mol. The van der Waals surface area contributed by atoms with Gasteiger partial charge >= 0.3 is 6.61 Å². The van der Waals surface area contributed by atoms with Crippen LogP contribution in [0.3, 0.4) is 0 Å². The van der Waals surface area contributed by atoms with Crippen molar-refractivity contribution < 1.29 is 18.3 Å². The van der Waals surface area contributed by atoms with Crippen molar-refractivity contribution in [2.75, 3.05) is 18.5 Å². The van der Waals surface area contributed by atoms with Crippen LogP contribution in [-0.2, 0) is 6.54 Å². The molecule has 8 nitrogen and oxygen atoms in total. The van der Waals surface area contributed by atoms with E-state index in [2.05, 4.69) is 24.6 Å². The predicted octanol–water partition coefficient (Wildman–Crippen LogP) is 4.89. The van der Waals surface area contributed by atoms with Gasteiger partial charge in [-0.2, -0.15) is 13.8 Å². The van der Waals surface area contributed by atoms with E-state index >= 15 is 0 Å². The summed E-state index contributed by atoms with van der Waals surface area (Å²) in [5.41, 5.74) is 3.66. The van der Waals surface area contributed by atoms with Crippen molar-refractivity contribution in [2.24, 2.45) is 0 Å². The Morgan fingerprint density at radius 2 is 1.97 bits per heavy atom. The molecule has 0 saturated carbocycles. The molecule has 4 heterocycles. The molecule has 0 amide bonds. The second-order valence-electron chi connectivity index (χ2n) is 7.89. The Bertz CT molecular complexity index is 1620. The van der Waals surface area contributed by atoms with Gasteiger partial charge in [0, 0.05) is 18.7 Å². The first kappa shape index (κ1) is 21.5. The van der Waals surface area contributed by atoms with Crippen LogP contribution in [-0.4, -0.2) is 38.9 Å². The first-order chi connectivity index (χ1) is 17.0. The molecule has 0 radical (unpaired) electrons. The van der Waals surface area contributed by atoms with Gasteiger partial charge < -0.3 is 19.4 Å². The first-order valence-corrected chi connectivity index (χ1v) is 11.8. The van der Waals surface area contributed by atoms with E-state index in [1.54, 1.807) is 12.1 Å². The summed E-state index contributed by atoms with van der Waals surface area (Å²) in [5.74, 6) is 0.825. The van der Waals surface area contributed by atoms with Crippen LogP contribution in [0.5, 0.6) is 10.9 Å². The topological polar surface area (TPSA) is 83.2 Å². The molecule has 6 rings (SSSR count). The van der Waals surface area contributed by atoms with Crippen molar-refractivity contribution in [2.45, 2.75) is 20.1 Å². The minimum Gasteiger partial charge on any atom is -0.470 e. The summed E-state index contributed by atoms with van der Waals surface area (Å²) >= 11 is 1.34. The van der Waals surface area contributed by atoms with Gasteiger partial charge in [0.15, 0.2) is 5.65 Å². The minimum absolute atomic E-state index is 0.00568. The Balaban J connectivity index is 1.55. The summed E-state index contributed by atoms with van der Waals surface area (Å²) in [6.07, 6.45) is 0. The van der Waals surface area contributed by atoms with E-state index in [1.807, 2.05) is 31.2 Å². The highest BCUT2D eigenvalue weighted by Gasteiger charge is 2.20. The maximum Gasteiger partial charge on any atom is 0.387 e. The van der Waals surface area contributed by atoms with Gasteiger partial charge in [-0.25, -0.2) is 4.98 Å². The van der Waals surface area contributed by atoms with Crippen LogP contribution >= 0.6 is 11.3 Å². The van der Waals surface area contributed by atoms with Gasteiger partial charge in [0.2, 0.25) is 5.95 Å². The Hall–Kier alpha value is -3.99. The van der Waals surface area contributed by atoms with Crippen LogP contribution in [0.1, 0.15) is 6.92 Å². The van der Waals surface area contributed by atoms with Crippen LogP contribution in [0, 0.1) is 0 Å². The molecule has 0 bridgehead atoms. The van der Waals surface area contributed by atoms with E-state index in [1.165, 1.54) is 28.0 Å². The second kappa shape index (κ2) is 8.35. The number of thiazole rings is 1. The molecule has 0 saturated heterocycles. The summed E-state index contributed by atoms with van der Waals surface area (Å²) in [6.45, 7) is 0.987. The maximum absolute atomic E-state index is 13.8. The van der Waals surface area contributed by atoms with Crippen molar-refractivity contribution in [3.05, 3.63) is 58.9 Å². The van der Waals surface area contributed by atoms with Gasteiger partial charge in [-0.15, -0.1) is 0 Å². The third kappa shape index (κ3) is 3.68. The summed E-state index contributed by atoms with van der Waals surface area (Å²) < 4.78 is 39.6. The number of alkyl halides is 2. The molecule has 0 atom stereocenters. The molecular formula is C24H19F2N5O3S. The van der Waals surface area contributed by atoms with Crippen molar-refractivity contribution in [1.29, 1.82) is 0 Å². The molecule has 0 unspecified atom stereocenters. The Labute approximate surface area is 201 Å². The van der Waals surface area contributed by atoms with Crippen LogP contribution < -0.4 is 20.3 Å². The fraction of sp³-hybridized carbons (Fsp3) is 0.208. The largest absolute Gasteiger partial charge is 0.470 e. The first-order valence-electron chi connectivity index (χ1n) is 11.0. The molecule has 1 aliphatic rings. The third-order valence-electron chi connectivity index (χ3n) is 5.80. The lowest BCUT2D eigenvalue weighted by molar-refractivity contribution is -0.0498. The number of imidazole rings is 1. The fourth-order valence-electron chi connectivity index (χ4n) is 4.31. The number of pyridine rings is 1. The molecule has 35 heavy (non-hydrogen) atoms. The normalized spacial score (nSPS) is 12.9. The van der Waals surface area contributed by atoms with Crippen molar-refractivity contribution in [1.82, 2.24) is 19.1 Å². The van der Waals surface area contributed by atoms with Crippen LogP contribution in [0.4, 0.5) is 14.7 Å². The van der Waals surface area contributed by atoms with E-state index in [-0.39, 0.29) is 11.3 Å². The Morgan fingerprint density at radius 1 is 1.14 bits per heavy atom. The van der Waals surface area contributed by atoms with Crippen molar-refractivity contribution >= 4 is 38.7 Å². The molecule has 11 heteroatoms. The zero-order valence-electron chi connectivity index (χ0n) is 18.5. The molecule has 0 spiro atoms. The van der Waals surface area contributed by atoms with Gasteiger partial charge in [0.1, 0.15) is 5.75 Å². The van der Waals surface area contributed by atoms with Gasteiger partial charge in [0.25, 0.3) is 10.8 Å². The molecular weight excluding hydrogens is 476 g/mol. The maximum atomic E-state index is 13.8. The van der Waals surface area contributed by atoms with E-state index in [0.717, 1.165) is 40.3 Å². The predicted molar refractivity (Wildman–Crippen MR) is 130 cm³/mol. The standard InChI is InChI=1S/C24H19F2N5O3S/c1-2-33-24-29-20-19(35-24)12-16(13-3-8-17-18(11-13)30-10-9-27-23(30)28-17)21(32)31(20)14-4-6-15(7-5-14)34-22(25)26/h3-8,11-12,22H,2,9-10H2,1H3,(H,27,28). The highest BCUT2D eigenvalue weighted by atomic mass is 32.1. The Kier molecular flexibility index (Phi) is 5.14. The number of halogens is 2. The number of nitrogens with one attached hydrogen (secondary N) is 1. The summed E-state index contributed by atoms with van der Waals surface area (Å²) in [6, 6.07) is 13.5. The van der Waals surface area contributed by atoms with Crippen molar-refractivity contribution in [3.8, 4) is 27.8 Å². The molecule has 5 aromatic rings. The molecule has 178 valence electrons. The van der Waals surface area contributed by atoms with Gasteiger partial charge in [-0.3, -0.25) is 9.36 Å². The van der Waals surface area contributed by atoms with Crippen molar-refractivity contribution in [3.63, 3.8) is 0 Å². The lowest BCUT2D eigenvalue weighted by atomic mass is 10.1. The lowest BCUT2D eigenvalue weighted by Gasteiger charge is -2.11. The monoisotopic (exact) mass is 495 g/mol. The summed E-state index contributed by atoms with van der Waals surface area (Å²) in [4.78, 5) is 22.9. The third-order valence-corrected chi connectivity index (χ3v) is 6.71. The van der Waals surface area contributed by atoms with E-state index < -0.39 is 6.61 Å². The molecule has 1 N–H and O–H groups in total. The highest BCUT2D eigenvalue weighted by molar-refractivity contribution is 7.20.